The number of hydrogen-bond acceptors (Lipinski definition) is 2. The Morgan fingerprint density at radius 2 is 2.54 bits per heavy atom. The summed E-state index contributed by atoms with van der Waals surface area (Å²) in [6.07, 6.45) is 6.28. The summed E-state index contributed by atoms with van der Waals surface area (Å²) in [6.45, 7) is 0.817. The van der Waals surface area contributed by atoms with E-state index in [0.29, 0.717) is 0 Å². The fourth-order valence-corrected chi connectivity index (χ4v) is 1.68. The van der Waals surface area contributed by atoms with Gasteiger partial charge in [0, 0.05) is 26.0 Å². The molecule has 1 aliphatic carbocycles. The highest BCUT2D eigenvalue weighted by Crippen LogP contribution is 2.35. The van der Waals surface area contributed by atoms with Crippen LogP contribution in [0.1, 0.15) is 12.8 Å². The lowest BCUT2D eigenvalue weighted by Gasteiger charge is -2.09. The molecule has 2 rings (SSSR count). The minimum Gasteiger partial charge on any atom is -0.354 e. The SMILES string of the molecule is Cn1ccnc1NCC(Cl)C1CC1. The van der Waals surface area contributed by atoms with Gasteiger partial charge in [0.15, 0.2) is 0 Å². The van der Waals surface area contributed by atoms with Crippen LogP contribution in [0.3, 0.4) is 0 Å². The van der Waals surface area contributed by atoms with Crippen molar-refractivity contribution in [3.8, 4) is 0 Å². The largest absolute Gasteiger partial charge is 0.354 e. The van der Waals surface area contributed by atoms with E-state index in [9.17, 15) is 0 Å². The molecule has 1 aromatic heterocycles. The molecule has 1 aromatic rings. The standard InChI is InChI=1S/C9H14ClN3/c1-13-5-4-11-9(13)12-6-8(10)7-2-3-7/h4-5,7-8H,2-3,6H2,1H3,(H,11,12). The van der Waals surface area contributed by atoms with Crippen LogP contribution in [0.4, 0.5) is 5.95 Å². The van der Waals surface area contributed by atoms with Gasteiger partial charge in [0.2, 0.25) is 5.95 Å². The number of alkyl halides is 1. The van der Waals surface area contributed by atoms with Crippen LogP contribution >= 0.6 is 11.6 Å². The third-order valence-corrected chi connectivity index (χ3v) is 2.92. The summed E-state index contributed by atoms with van der Waals surface area (Å²) < 4.78 is 1.95. The Labute approximate surface area is 83.1 Å². The monoisotopic (exact) mass is 199 g/mol. The highest BCUT2D eigenvalue weighted by Gasteiger charge is 2.29. The Hall–Kier alpha value is -0.700. The smallest absolute Gasteiger partial charge is 0.202 e. The number of halogens is 1. The van der Waals surface area contributed by atoms with Gasteiger partial charge in [-0.05, 0) is 18.8 Å². The maximum Gasteiger partial charge on any atom is 0.202 e. The van der Waals surface area contributed by atoms with E-state index in [1.807, 2.05) is 17.8 Å². The van der Waals surface area contributed by atoms with Crippen molar-refractivity contribution in [1.82, 2.24) is 9.55 Å². The van der Waals surface area contributed by atoms with E-state index in [4.69, 9.17) is 11.6 Å². The lowest BCUT2D eigenvalue weighted by Crippen LogP contribution is -2.17. The van der Waals surface area contributed by atoms with Crippen LogP contribution in [0.15, 0.2) is 12.4 Å². The van der Waals surface area contributed by atoms with E-state index in [1.165, 1.54) is 12.8 Å². The molecule has 0 bridgehead atoms. The van der Waals surface area contributed by atoms with Gasteiger partial charge in [-0.1, -0.05) is 0 Å². The number of anilines is 1. The second-order valence-corrected chi connectivity index (χ2v) is 4.16. The Kier molecular flexibility index (Phi) is 2.44. The van der Waals surface area contributed by atoms with E-state index in [-0.39, 0.29) is 5.38 Å². The van der Waals surface area contributed by atoms with Crippen molar-refractivity contribution >= 4 is 17.5 Å². The van der Waals surface area contributed by atoms with Gasteiger partial charge in [-0.15, -0.1) is 11.6 Å². The van der Waals surface area contributed by atoms with Gasteiger partial charge in [0.1, 0.15) is 0 Å². The fourth-order valence-electron chi connectivity index (χ4n) is 1.35. The number of nitrogens with one attached hydrogen (secondary N) is 1. The molecule has 4 heteroatoms. The second-order valence-electron chi connectivity index (χ2n) is 3.60. The maximum absolute atomic E-state index is 6.15. The molecule has 1 N–H and O–H groups in total. The average Bonchev–Trinajstić information content (AvgIpc) is 2.88. The van der Waals surface area contributed by atoms with Crippen LogP contribution in [0, 0.1) is 5.92 Å². The van der Waals surface area contributed by atoms with Gasteiger partial charge in [-0.25, -0.2) is 4.98 Å². The molecule has 1 saturated carbocycles. The number of hydrogen-bond donors (Lipinski definition) is 1. The van der Waals surface area contributed by atoms with Crippen molar-refractivity contribution in [3.05, 3.63) is 12.4 Å². The van der Waals surface area contributed by atoms with Crippen molar-refractivity contribution in [2.45, 2.75) is 18.2 Å². The molecule has 1 fully saturated rings. The molecule has 0 aliphatic heterocycles. The Morgan fingerprint density at radius 3 is 3.08 bits per heavy atom. The molecule has 1 unspecified atom stereocenters. The first-order chi connectivity index (χ1) is 6.27. The summed E-state index contributed by atoms with van der Waals surface area (Å²) in [4.78, 5) is 4.16. The molecule has 0 aromatic carbocycles. The molecule has 13 heavy (non-hydrogen) atoms. The zero-order valence-electron chi connectivity index (χ0n) is 7.70. The first-order valence-corrected chi connectivity index (χ1v) is 5.06. The van der Waals surface area contributed by atoms with Crippen LogP contribution in [0.5, 0.6) is 0 Å². The summed E-state index contributed by atoms with van der Waals surface area (Å²) in [7, 11) is 1.97. The molecule has 1 atom stereocenters. The van der Waals surface area contributed by atoms with Crippen molar-refractivity contribution in [1.29, 1.82) is 0 Å². The summed E-state index contributed by atoms with van der Waals surface area (Å²) in [5.74, 6) is 1.63. The lowest BCUT2D eigenvalue weighted by atomic mass is 10.3. The summed E-state index contributed by atoms with van der Waals surface area (Å²) in [6, 6.07) is 0. The third-order valence-electron chi connectivity index (χ3n) is 2.41. The number of aromatic nitrogens is 2. The third kappa shape index (κ3) is 2.15. The summed E-state index contributed by atoms with van der Waals surface area (Å²) in [5, 5.41) is 3.49. The van der Waals surface area contributed by atoms with Crippen LogP contribution < -0.4 is 5.32 Å². The van der Waals surface area contributed by atoms with Crippen LogP contribution in [0.2, 0.25) is 0 Å². The first kappa shape index (κ1) is 8.88. The van der Waals surface area contributed by atoms with Crippen molar-refractivity contribution < 1.29 is 0 Å². The fraction of sp³-hybridized carbons (Fsp3) is 0.667. The van der Waals surface area contributed by atoms with E-state index in [2.05, 4.69) is 10.3 Å². The van der Waals surface area contributed by atoms with Gasteiger partial charge < -0.3 is 9.88 Å². The Bertz CT molecular complexity index is 280. The van der Waals surface area contributed by atoms with Gasteiger partial charge in [0.25, 0.3) is 0 Å². The predicted molar refractivity (Wildman–Crippen MR) is 54.1 cm³/mol. The van der Waals surface area contributed by atoms with E-state index < -0.39 is 0 Å². The number of imidazole rings is 1. The van der Waals surface area contributed by atoms with Crippen LogP contribution in [-0.4, -0.2) is 21.5 Å². The maximum atomic E-state index is 6.15. The molecular formula is C9H14ClN3. The van der Waals surface area contributed by atoms with E-state index >= 15 is 0 Å². The van der Waals surface area contributed by atoms with E-state index in [1.54, 1.807) is 6.20 Å². The molecule has 0 spiro atoms. The molecular weight excluding hydrogens is 186 g/mol. The summed E-state index contributed by atoms with van der Waals surface area (Å²) in [5.41, 5.74) is 0. The van der Waals surface area contributed by atoms with Crippen molar-refractivity contribution in [2.24, 2.45) is 13.0 Å². The van der Waals surface area contributed by atoms with Crippen LogP contribution in [-0.2, 0) is 7.05 Å². The quantitative estimate of drug-likeness (QED) is 0.751. The van der Waals surface area contributed by atoms with Gasteiger partial charge in [-0.2, -0.15) is 0 Å². The molecule has 1 aliphatic rings. The molecule has 0 amide bonds. The zero-order chi connectivity index (χ0) is 9.26. The van der Waals surface area contributed by atoms with Crippen molar-refractivity contribution in [2.75, 3.05) is 11.9 Å². The van der Waals surface area contributed by atoms with Gasteiger partial charge in [-0.3, -0.25) is 0 Å². The molecule has 3 nitrogen and oxygen atoms in total. The molecule has 72 valence electrons. The van der Waals surface area contributed by atoms with Crippen LogP contribution in [0.25, 0.3) is 0 Å². The van der Waals surface area contributed by atoms with Gasteiger partial charge >= 0.3 is 0 Å². The normalized spacial score (nSPS) is 18.6. The summed E-state index contributed by atoms with van der Waals surface area (Å²) >= 11 is 6.15. The minimum atomic E-state index is 0.261. The highest BCUT2D eigenvalue weighted by molar-refractivity contribution is 6.21. The van der Waals surface area contributed by atoms with Crippen molar-refractivity contribution in [3.63, 3.8) is 0 Å². The molecule has 0 radical (unpaired) electrons. The Balaban J connectivity index is 1.81. The number of aryl methyl sites for hydroxylation is 1. The van der Waals surface area contributed by atoms with Gasteiger partial charge in [0.05, 0.1) is 5.38 Å². The Morgan fingerprint density at radius 1 is 1.77 bits per heavy atom. The number of nitrogens with zero attached hydrogens (tertiary/aromatic N) is 2. The topological polar surface area (TPSA) is 29.9 Å². The van der Waals surface area contributed by atoms with E-state index in [0.717, 1.165) is 18.4 Å². The zero-order valence-corrected chi connectivity index (χ0v) is 8.46. The second kappa shape index (κ2) is 3.58. The minimum absolute atomic E-state index is 0.261. The number of rotatable bonds is 4. The molecule has 0 saturated heterocycles. The highest BCUT2D eigenvalue weighted by atomic mass is 35.5. The molecule has 1 heterocycles. The lowest BCUT2D eigenvalue weighted by molar-refractivity contribution is 0.759. The predicted octanol–water partition coefficient (Wildman–Crippen LogP) is 1.85. The average molecular weight is 200 g/mol. The first-order valence-electron chi connectivity index (χ1n) is 4.62.